The minimum Gasteiger partial charge on any atom is -0.380 e. The molecule has 0 aliphatic heterocycles. The Kier molecular flexibility index (Phi) is 5.99. The van der Waals surface area contributed by atoms with E-state index >= 15 is 0 Å². The molecule has 0 saturated heterocycles. The quantitative estimate of drug-likeness (QED) is 0.564. The van der Waals surface area contributed by atoms with Crippen molar-refractivity contribution in [2.75, 3.05) is 33.4 Å². The molecule has 0 aromatic rings. The van der Waals surface area contributed by atoms with Gasteiger partial charge < -0.3 is 4.74 Å². The maximum Gasteiger partial charge on any atom is 0.149 e. The lowest BCUT2D eigenvalue weighted by atomic mass is 10.0. The normalized spacial score (nSPS) is 17.8. The van der Waals surface area contributed by atoms with Crippen LogP contribution in [0.2, 0.25) is 0 Å². The number of Topliss-reactive ketones (excluding diaryl/α,β-unsaturated/α-hetero) is 1. The second-order valence-electron chi connectivity index (χ2n) is 5.03. The number of ether oxygens (including phenoxy) is 1. The van der Waals surface area contributed by atoms with Crippen molar-refractivity contribution in [3.63, 3.8) is 0 Å². The average Bonchev–Trinajstić information content (AvgIpc) is 3.07. The third kappa shape index (κ3) is 5.61. The van der Waals surface area contributed by atoms with Gasteiger partial charge in [0, 0.05) is 19.1 Å². The van der Waals surface area contributed by atoms with Gasteiger partial charge in [-0.05, 0) is 32.2 Å². The fourth-order valence-corrected chi connectivity index (χ4v) is 1.48. The van der Waals surface area contributed by atoms with Crippen LogP contribution in [0.25, 0.3) is 0 Å². The summed E-state index contributed by atoms with van der Waals surface area (Å²) >= 11 is 0. The summed E-state index contributed by atoms with van der Waals surface area (Å²) in [5.74, 6) is 1.36. The van der Waals surface area contributed by atoms with Crippen molar-refractivity contribution in [1.82, 2.24) is 4.90 Å². The van der Waals surface area contributed by atoms with Gasteiger partial charge >= 0.3 is 0 Å². The zero-order valence-electron chi connectivity index (χ0n) is 10.9. The summed E-state index contributed by atoms with van der Waals surface area (Å²) in [6.45, 7) is 7.13. The number of likely N-dealkylation sites (N-methyl/N-ethyl adjacent to an activating group) is 1. The summed E-state index contributed by atoms with van der Waals surface area (Å²) in [6.07, 6.45) is 3.61. The molecule has 1 saturated carbocycles. The van der Waals surface area contributed by atoms with Gasteiger partial charge in [-0.1, -0.05) is 13.8 Å². The van der Waals surface area contributed by atoms with Gasteiger partial charge in [0.05, 0.1) is 13.2 Å². The van der Waals surface area contributed by atoms with E-state index in [0.717, 1.165) is 32.1 Å². The lowest BCUT2D eigenvalue weighted by Gasteiger charge is -2.17. The first-order chi connectivity index (χ1) is 7.63. The van der Waals surface area contributed by atoms with Crippen molar-refractivity contribution in [2.24, 2.45) is 11.8 Å². The molecule has 1 fully saturated rings. The van der Waals surface area contributed by atoms with Gasteiger partial charge in [0.25, 0.3) is 0 Å². The van der Waals surface area contributed by atoms with Crippen LogP contribution in [0, 0.1) is 11.8 Å². The largest absolute Gasteiger partial charge is 0.380 e. The Balaban J connectivity index is 2.00. The number of ketones is 1. The second kappa shape index (κ2) is 7.02. The fourth-order valence-electron chi connectivity index (χ4n) is 1.48. The molecule has 0 aromatic carbocycles. The molecule has 0 heterocycles. The average molecular weight is 227 g/mol. The van der Waals surface area contributed by atoms with Crippen LogP contribution >= 0.6 is 0 Å². The van der Waals surface area contributed by atoms with Crippen LogP contribution in [0.4, 0.5) is 0 Å². The van der Waals surface area contributed by atoms with Gasteiger partial charge in [-0.2, -0.15) is 0 Å². The van der Waals surface area contributed by atoms with E-state index < -0.39 is 0 Å². The molecule has 0 N–H and O–H groups in total. The maximum absolute atomic E-state index is 11.7. The molecular weight excluding hydrogens is 202 g/mol. The third-order valence-corrected chi connectivity index (χ3v) is 3.26. The summed E-state index contributed by atoms with van der Waals surface area (Å²) in [6, 6.07) is 0. The molecule has 94 valence electrons. The van der Waals surface area contributed by atoms with Crippen molar-refractivity contribution in [3.05, 3.63) is 0 Å². The highest BCUT2D eigenvalue weighted by atomic mass is 16.5. The van der Waals surface area contributed by atoms with E-state index in [1.807, 2.05) is 14.0 Å². The molecule has 3 nitrogen and oxygen atoms in total. The van der Waals surface area contributed by atoms with Crippen molar-refractivity contribution >= 4 is 5.78 Å². The van der Waals surface area contributed by atoms with Gasteiger partial charge in [-0.15, -0.1) is 0 Å². The third-order valence-electron chi connectivity index (χ3n) is 3.26. The van der Waals surface area contributed by atoms with Crippen molar-refractivity contribution in [1.29, 1.82) is 0 Å². The Morgan fingerprint density at radius 1 is 1.50 bits per heavy atom. The van der Waals surface area contributed by atoms with Crippen LogP contribution in [0.5, 0.6) is 0 Å². The van der Waals surface area contributed by atoms with Crippen LogP contribution in [0.15, 0.2) is 0 Å². The highest BCUT2D eigenvalue weighted by molar-refractivity contribution is 5.82. The Hall–Kier alpha value is -0.410. The standard InChI is InChI=1S/C13H25NO2/c1-4-11(2)13(15)9-14(3)7-8-16-10-12-5-6-12/h11-12H,4-10H2,1-3H3. The minimum absolute atomic E-state index is 0.190. The van der Waals surface area contributed by atoms with Gasteiger partial charge in [0.2, 0.25) is 0 Å². The van der Waals surface area contributed by atoms with Crippen LogP contribution in [-0.4, -0.2) is 44.0 Å². The maximum atomic E-state index is 11.7. The highest BCUT2D eigenvalue weighted by Gasteiger charge is 2.21. The smallest absolute Gasteiger partial charge is 0.149 e. The van der Waals surface area contributed by atoms with Crippen LogP contribution in [-0.2, 0) is 9.53 Å². The molecule has 1 atom stereocenters. The Labute approximate surface area is 99.1 Å². The SMILES string of the molecule is CCC(C)C(=O)CN(C)CCOCC1CC1. The van der Waals surface area contributed by atoms with Crippen LogP contribution in [0.1, 0.15) is 33.1 Å². The summed E-state index contributed by atoms with van der Waals surface area (Å²) in [5, 5.41) is 0. The number of carbonyl (C=O) groups excluding carboxylic acids is 1. The van der Waals surface area contributed by atoms with Gasteiger partial charge in [-0.25, -0.2) is 0 Å². The van der Waals surface area contributed by atoms with Crippen molar-refractivity contribution in [3.8, 4) is 0 Å². The number of carbonyl (C=O) groups is 1. The molecule has 1 aliphatic carbocycles. The summed E-state index contributed by atoms with van der Waals surface area (Å²) < 4.78 is 5.54. The lowest BCUT2D eigenvalue weighted by molar-refractivity contribution is -0.123. The zero-order valence-corrected chi connectivity index (χ0v) is 10.9. The predicted molar refractivity (Wildman–Crippen MR) is 65.5 cm³/mol. The van der Waals surface area contributed by atoms with Crippen LogP contribution < -0.4 is 0 Å². The Morgan fingerprint density at radius 2 is 2.19 bits per heavy atom. The van der Waals surface area contributed by atoms with Crippen LogP contribution in [0.3, 0.4) is 0 Å². The van der Waals surface area contributed by atoms with E-state index in [1.165, 1.54) is 12.8 Å². The molecule has 0 bridgehead atoms. The van der Waals surface area contributed by atoms with Crippen molar-refractivity contribution < 1.29 is 9.53 Å². The molecule has 0 aromatic heterocycles. The highest BCUT2D eigenvalue weighted by Crippen LogP contribution is 2.28. The van der Waals surface area contributed by atoms with E-state index in [0.29, 0.717) is 12.3 Å². The molecule has 0 spiro atoms. The first kappa shape index (κ1) is 13.7. The molecule has 0 radical (unpaired) electrons. The number of hydrogen-bond acceptors (Lipinski definition) is 3. The summed E-state index contributed by atoms with van der Waals surface area (Å²) in [7, 11) is 1.99. The van der Waals surface area contributed by atoms with E-state index in [1.54, 1.807) is 0 Å². The fraction of sp³-hybridized carbons (Fsp3) is 0.923. The van der Waals surface area contributed by atoms with E-state index in [4.69, 9.17) is 4.74 Å². The van der Waals surface area contributed by atoms with E-state index in [2.05, 4.69) is 11.8 Å². The van der Waals surface area contributed by atoms with E-state index in [-0.39, 0.29) is 5.92 Å². The molecule has 0 amide bonds. The molecule has 3 heteroatoms. The predicted octanol–water partition coefficient (Wildman–Crippen LogP) is 1.96. The molecule has 1 unspecified atom stereocenters. The van der Waals surface area contributed by atoms with Gasteiger partial charge in [-0.3, -0.25) is 9.69 Å². The van der Waals surface area contributed by atoms with E-state index in [9.17, 15) is 4.79 Å². The number of nitrogens with zero attached hydrogens (tertiary/aromatic N) is 1. The number of hydrogen-bond donors (Lipinski definition) is 0. The molecule has 1 rings (SSSR count). The number of rotatable bonds is 9. The molecule has 1 aliphatic rings. The zero-order chi connectivity index (χ0) is 12.0. The second-order valence-corrected chi connectivity index (χ2v) is 5.03. The first-order valence-corrected chi connectivity index (χ1v) is 6.42. The molecular formula is C13H25NO2. The monoisotopic (exact) mass is 227 g/mol. The summed E-state index contributed by atoms with van der Waals surface area (Å²) in [4.78, 5) is 13.7. The topological polar surface area (TPSA) is 29.5 Å². The minimum atomic E-state index is 0.190. The van der Waals surface area contributed by atoms with Crippen molar-refractivity contribution in [2.45, 2.75) is 33.1 Å². The Bertz CT molecular complexity index is 214. The molecule has 16 heavy (non-hydrogen) atoms. The van der Waals surface area contributed by atoms with Gasteiger partial charge in [0.15, 0.2) is 0 Å². The first-order valence-electron chi connectivity index (χ1n) is 6.42. The summed E-state index contributed by atoms with van der Waals surface area (Å²) in [5.41, 5.74) is 0. The lowest BCUT2D eigenvalue weighted by Crippen LogP contribution is -2.31. The Morgan fingerprint density at radius 3 is 2.75 bits per heavy atom. The van der Waals surface area contributed by atoms with Gasteiger partial charge in [0.1, 0.15) is 5.78 Å².